The SMILES string of the molecule is Cc1cc2c(s1)-c1c(c(C(=O)CCCCC(=O)c3nn(-c4ccc(Cl)cc4Cl)c4c3Cc3cc(C)sc3-4)nn1-c1ccc(Cl)cc1Cl)C2. The van der Waals surface area contributed by atoms with Gasteiger partial charge in [0.15, 0.2) is 11.6 Å². The Morgan fingerprint density at radius 1 is 0.667 bits per heavy atom. The van der Waals surface area contributed by atoms with Crippen LogP contribution in [0.4, 0.5) is 0 Å². The average Bonchev–Trinajstić information content (AvgIpc) is 3.85. The highest BCUT2D eigenvalue weighted by atomic mass is 35.5. The van der Waals surface area contributed by atoms with E-state index in [1.807, 2.05) is 12.1 Å². The summed E-state index contributed by atoms with van der Waals surface area (Å²) in [4.78, 5) is 32.0. The largest absolute Gasteiger partial charge is 0.292 e. The predicted octanol–water partition coefficient (Wildman–Crippen LogP) is 11.2. The molecule has 6 nitrogen and oxygen atoms in total. The first kappa shape index (κ1) is 32.0. The van der Waals surface area contributed by atoms with Crippen molar-refractivity contribution < 1.29 is 9.59 Å². The molecule has 48 heavy (non-hydrogen) atoms. The van der Waals surface area contributed by atoms with Crippen LogP contribution < -0.4 is 0 Å². The number of nitrogens with zero attached hydrogens (tertiary/aromatic N) is 4. The second kappa shape index (κ2) is 12.3. The van der Waals surface area contributed by atoms with E-state index in [1.54, 1.807) is 56.3 Å². The van der Waals surface area contributed by atoms with Crippen LogP contribution in [0.3, 0.4) is 0 Å². The van der Waals surface area contributed by atoms with E-state index in [4.69, 9.17) is 56.6 Å². The summed E-state index contributed by atoms with van der Waals surface area (Å²) in [5.41, 5.74) is 8.34. The van der Waals surface area contributed by atoms with Crippen molar-refractivity contribution in [1.82, 2.24) is 19.6 Å². The number of hydrogen-bond acceptors (Lipinski definition) is 6. The smallest absolute Gasteiger partial charge is 0.183 e. The fourth-order valence-electron chi connectivity index (χ4n) is 6.79. The Morgan fingerprint density at radius 2 is 1.08 bits per heavy atom. The van der Waals surface area contributed by atoms with Gasteiger partial charge in [-0.2, -0.15) is 10.2 Å². The number of aromatic nitrogens is 4. The van der Waals surface area contributed by atoms with Crippen molar-refractivity contribution in [2.45, 2.75) is 52.4 Å². The number of benzene rings is 2. The Kier molecular flexibility index (Phi) is 8.18. The maximum absolute atomic E-state index is 13.7. The van der Waals surface area contributed by atoms with Crippen molar-refractivity contribution in [1.29, 1.82) is 0 Å². The van der Waals surface area contributed by atoms with Gasteiger partial charge < -0.3 is 0 Å². The average molecular weight is 753 g/mol. The zero-order chi connectivity index (χ0) is 33.4. The van der Waals surface area contributed by atoms with Crippen molar-refractivity contribution in [2.24, 2.45) is 0 Å². The van der Waals surface area contributed by atoms with Gasteiger partial charge in [-0.15, -0.1) is 22.7 Å². The van der Waals surface area contributed by atoms with E-state index in [9.17, 15) is 9.59 Å². The molecule has 0 unspecified atom stereocenters. The fourth-order valence-corrected chi connectivity index (χ4v) is 9.95. The highest BCUT2D eigenvalue weighted by Crippen LogP contribution is 2.47. The standard InChI is InChI=1S/C36H26Cl4N4O2S2/c1-17-11-19-13-23-31(41-43(33(23)35(19)47-17)27-9-7-21(37)15-25(27)39)29(45)5-3-4-6-30(46)32-24-14-20-12-18(2)48-36(20)34(24)44(42-32)28-10-8-22(38)16-26(28)40/h7-12,15-16H,3-6,13-14H2,1-2H3. The summed E-state index contributed by atoms with van der Waals surface area (Å²) in [6, 6.07) is 14.9. The third kappa shape index (κ3) is 5.38. The monoisotopic (exact) mass is 750 g/mol. The van der Waals surface area contributed by atoms with Gasteiger partial charge in [0.05, 0.1) is 42.6 Å². The summed E-state index contributed by atoms with van der Waals surface area (Å²) in [6.07, 6.45) is 2.95. The lowest BCUT2D eigenvalue weighted by molar-refractivity contribution is 0.0948. The molecule has 8 rings (SSSR count). The van der Waals surface area contributed by atoms with Crippen molar-refractivity contribution >= 4 is 80.6 Å². The van der Waals surface area contributed by atoms with Crippen LogP contribution in [-0.2, 0) is 12.8 Å². The van der Waals surface area contributed by atoms with E-state index in [0.29, 0.717) is 68.5 Å². The molecule has 0 fully saturated rings. The molecule has 2 aromatic carbocycles. The van der Waals surface area contributed by atoms with Gasteiger partial charge in [0, 0.05) is 56.6 Å². The molecule has 0 saturated carbocycles. The van der Waals surface area contributed by atoms with Crippen LogP contribution in [-0.4, -0.2) is 31.1 Å². The summed E-state index contributed by atoms with van der Waals surface area (Å²) < 4.78 is 3.58. The first-order chi connectivity index (χ1) is 23.1. The molecule has 0 N–H and O–H groups in total. The topological polar surface area (TPSA) is 69.8 Å². The van der Waals surface area contributed by atoms with E-state index < -0.39 is 0 Å². The molecule has 0 amide bonds. The molecule has 2 aliphatic rings. The van der Waals surface area contributed by atoms with Gasteiger partial charge in [0.25, 0.3) is 0 Å². The summed E-state index contributed by atoms with van der Waals surface area (Å²) in [5.74, 6) is -0.0893. The van der Waals surface area contributed by atoms with E-state index in [-0.39, 0.29) is 24.4 Å². The number of unbranched alkanes of at least 4 members (excludes halogenated alkanes) is 1. The molecule has 0 aliphatic heterocycles. The lowest BCUT2D eigenvalue weighted by Gasteiger charge is -2.08. The summed E-state index contributed by atoms with van der Waals surface area (Å²) >= 11 is 29.0. The van der Waals surface area contributed by atoms with Gasteiger partial charge in [-0.05, 0) is 86.3 Å². The number of carbonyl (C=O) groups is 2. The fraction of sp³-hybridized carbons (Fsp3) is 0.222. The lowest BCUT2D eigenvalue weighted by atomic mass is 10.0. The number of aryl methyl sites for hydroxylation is 2. The molecular weight excluding hydrogens is 726 g/mol. The van der Waals surface area contributed by atoms with Gasteiger partial charge in [0.1, 0.15) is 11.4 Å². The number of rotatable bonds is 9. The quantitative estimate of drug-likeness (QED) is 0.109. The molecule has 0 radical (unpaired) electrons. The summed E-state index contributed by atoms with van der Waals surface area (Å²) in [7, 11) is 0. The Hall–Kier alpha value is -3.24. The number of hydrogen-bond donors (Lipinski definition) is 0. The molecular formula is C36H26Cl4N4O2S2. The number of fused-ring (bicyclic) bond motifs is 6. The van der Waals surface area contributed by atoms with Crippen molar-refractivity contribution in [3.63, 3.8) is 0 Å². The number of thiophene rings is 2. The van der Waals surface area contributed by atoms with E-state index in [0.717, 1.165) is 32.3 Å². The van der Waals surface area contributed by atoms with E-state index in [2.05, 4.69) is 26.0 Å². The maximum atomic E-state index is 13.7. The molecule has 4 heterocycles. The van der Waals surface area contributed by atoms with Gasteiger partial charge in [0.2, 0.25) is 0 Å². The molecule has 2 aliphatic carbocycles. The number of Topliss-reactive ketones (excluding diaryl/α,β-unsaturated/α-hetero) is 2. The minimum atomic E-state index is -0.0447. The number of carbonyl (C=O) groups excluding carboxylic acids is 2. The third-order valence-electron chi connectivity index (χ3n) is 8.86. The van der Waals surface area contributed by atoms with Gasteiger partial charge in [-0.3, -0.25) is 9.59 Å². The Balaban J connectivity index is 1.02. The van der Waals surface area contributed by atoms with Crippen LogP contribution in [0.1, 0.15) is 78.7 Å². The van der Waals surface area contributed by atoms with Crippen molar-refractivity contribution in [3.8, 4) is 32.5 Å². The van der Waals surface area contributed by atoms with Gasteiger partial charge in [-0.1, -0.05) is 46.4 Å². The summed E-state index contributed by atoms with van der Waals surface area (Å²) in [6.45, 7) is 4.16. The van der Waals surface area contributed by atoms with Crippen LogP contribution in [0, 0.1) is 13.8 Å². The van der Waals surface area contributed by atoms with Crippen LogP contribution in [0.15, 0.2) is 48.5 Å². The Morgan fingerprint density at radius 3 is 1.48 bits per heavy atom. The van der Waals surface area contributed by atoms with Gasteiger partial charge in [-0.25, -0.2) is 9.36 Å². The molecule has 12 heteroatoms. The zero-order valence-corrected chi connectivity index (χ0v) is 30.5. The Labute approximate surface area is 304 Å². The van der Waals surface area contributed by atoms with Crippen molar-refractivity contribution in [2.75, 3.05) is 0 Å². The summed E-state index contributed by atoms with van der Waals surface area (Å²) in [5, 5.41) is 11.6. The Bertz CT molecular complexity index is 2170. The molecule has 0 bridgehead atoms. The highest BCUT2D eigenvalue weighted by molar-refractivity contribution is 7.16. The van der Waals surface area contributed by atoms with Crippen LogP contribution in [0.2, 0.25) is 20.1 Å². The second-order valence-electron chi connectivity index (χ2n) is 12.2. The minimum absolute atomic E-state index is 0.0447. The molecule has 0 atom stereocenters. The first-order valence-corrected chi connectivity index (χ1v) is 18.6. The van der Waals surface area contributed by atoms with E-state index in [1.165, 1.54) is 20.9 Å². The maximum Gasteiger partial charge on any atom is 0.183 e. The van der Waals surface area contributed by atoms with E-state index >= 15 is 0 Å². The zero-order valence-electron chi connectivity index (χ0n) is 25.8. The minimum Gasteiger partial charge on any atom is -0.292 e. The van der Waals surface area contributed by atoms with Crippen LogP contribution in [0.5, 0.6) is 0 Å². The third-order valence-corrected chi connectivity index (χ3v) is 12.1. The van der Waals surface area contributed by atoms with Crippen LogP contribution in [0.25, 0.3) is 32.5 Å². The molecule has 0 saturated heterocycles. The molecule has 0 spiro atoms. The van der Waals surface area contributed by atoms with Crippen LogP contribution >= 0.6 is 69.1 Å². The van der Waals surface area contributed by atoms with Gasteiger partial charge >= 0.3 is 0 Å². The molecule has 4 aromatic heterocycles. The second-order valence-corrected chi connectivity index (χ2v) is 16.4. The number of halogens is 4. The molecule has 242 valence electrons. The normalized spacial score (nSPS) is 12.7. The molecule has 6 aromatic rings. The number of ketones is 2. The lowest BCUT2D eigenvalue weighted by Crippen LogP contribution is -2.07. The first-order valence-electron chi connectivity index (χ1n) is 15.5. The predicted molar refractivity (Wildman–Crippen MR) is 196 cm³/mol. The highest BCUT2D eigenvalue weighted by Gasteiger charge is 2.34. The van der Waals surface area contributed by atoms with Crippen molar-refractivity contribution in [3.05, 3.63) is 112 Å².